The van der Waals surface area contributed by atoms with Crippen molar-refractivity contribution in [2.24, 2.45) is 0 Å². The van der Waals surface area contributed by atoms with Gasteiger partial charge in [0.1, 0.15) is 18.2 Å². The Balaban J connectivity index is 1.59. The highest BCUT2D eigenvalue weighted by atomic mass is 127. The second-order valence-corrected chi connectivity index (χ2v) is 9.42. The molecule has 4 aromatic carbocycles. The largest absolute Gasteiger partial charge is 0.490 e. The fourth-order valence-electron chi connectivity index (χ4n) is 3.72. The Morgan fingerprint density at radius 1 is 1.06 bits per heavy atom. The van der Waals surface area contributed by atoms with Crippen LogP contribution >= 0.6 is 34.2 Å². The van der Waals surface area contributed by atoms with Crippen LogP contribution in [0.2, 0.25) is 5.02 Å². The zero-order chi connectivity index (χ0) is 25.5. The predicted octanol–water partition coefficient (Wildman–Crippen LogP) is 7.62. The van der Waals surface area contributed by atoms with E-state index in [0.717, 1.165) is 19.9 Å². The lowest BCUT2D eigenvalue weighted by Crippen LogP contribution is -2.13. The van der Waals surface area contributed by atoms with Gasteiger partial charge in [0, 0.05) is 10.7 Å². The summed E-state index contributed by atoms with van der Waals surface area (Å²) in [5.41, 5.74) is 2.19. The molecule has 7 heteroatoms. The lowest BCUT2D eigenvalue weighted by atomic mass is 10.1. The van der Waals surface area contributed by atoms with E-state index in [9.17, 15) is 10.1 Å². The van der Waals surface area contributed by atoms with Crippen molar-refractivity contribution < 1.29 is 14.3 Å². The summed E-state index contributed by atoms with van der Waals surface area (Å²) < 4.78 is 12.9. The first-order valence-electron chi connectivity index (χ1n) is 11.2. The van der Waals surface area contributed by atoms with Gasteiger partial charge in [0.15, 0.2) is 11.5 Å². The van der Waals surface area contributed by atoms with Crippen molar-refractivity contribution in [1.82, 2.24) is 0 Å². The first-order chi connectivity index (χ1) is 17.5. The maximum absolute atomic E-state index is 12.7. The third-order valence-electron chi connectivity index (χ3n) is 5.34. The minimum atomic E-state index is -0.524. The van der Waals surface area contributed by atoms with Crippen LogP contribution in [-0.2, 0) is 11.4 Å². The van der Waals surface area contributed by atoms with E-state index >= 15 is 0 Å². The van der Waals surface area contributed by atoms with Crippen molar-refractivity contribution >= 4 is 62.6 Å². The molecule has 0 aromatic heterocycles. The normalized spacial score (nSPS) is 11.1. The number of nitrogens with zero attached hydrogens (tertiary/aromatic N) is 1. The summed E-state index contributed by atoms with van der Waals surface area (Å²) in [4.78, 5) is 12.7. The van der Waals surface area contributed by atoms with Gasteiger partial charge >= 0.3 is 0 Å². The van der Waals surface area contributed by atoms with Crippen molar-refractivity contribution in [3.05, 3.63) is 104 Å². The van der Waals surface area contributed by atoms with Crippen LogP contribution in [0.5, 0.6) is 11.5 Å². The lowest BCUT2D eigenvalue weighted by molar-refractivity contribution is -0.112. The quantitative estimate of drug-likeness (QED) is 0.127. The van der Waals surface area contributed by atoms with Crippen LogP contribution in [0.25, 0.3) is 16.8 Å². The van der Waals surface area contributed by atoms with Crippen molar-refractivity contribution in [3.8, 4) is 17.6 Å². The number of carbonyl (C=O) groups is 1. The zero-order valence-corrected chi connectivity index (χ0v) is 22.3. The molecule has 0 saturated carbocycles. The number of ether oxygens (including phenoxy) is 2. The average molecular weight is 609 g/mol. The van der Waals surface area contributed by atoms with Gasteiger partial charge in [-0.15, -0.1) is 0 Å². The molecule has 1 N–H and O–H groups in total. The van der Waals surface area contributed by atoms with Crippen LogP contribution in [0.4, 0.5) is 5.69 Å². The first kappa shape index (κ1) is 25.5. The van der Waals surface area contributed by atoms with E-state index in [4.69, 9.17) is 21.1 Å². The molecular formula is C29H22ClIN2O3. The summed E-state index contributed by atoms with van der Waals surface area (Å²) in [5.74, 6) is 0.636. The number of rotatable bonds is 8. The summed E-state index contributed by atoms with van der Waals surface area (Å²) in [7, 11) is 0. The summed E-state index contributed by atoms with van der Waals surface area (Å²) >= 11 is 8.16. The highest BCUT2D eigenvalue weighted by Gasteiger charge is 2.15. The number of carbonyl (C=O) groups excluding carboxylic acids is 1. The van der Waals surface area contributed by atoms with Gasteiger partial charge in [0.05, 0.1) is 10.2 Å². The molecule has 1 amide bonds. The standard InChI is InChI=1S/C29H22ClIN2O3/c1-2-35-27-15-19(13-22(17-32)29(34)33-24-11-6-10-23(30)16-24)14-26(31)28(27)36-18-21-9-5-8-20-7-3-4-12-25(20)21/h3-16H,2,18H2,1H3,(H,33,34)/b22-13+. The third-order valence-corrected chi connectivity index (χ3v) is 6.38. The van der Waals surface area contributed by atoms with Crippen LogP contribution in [0.15, 0.2) is 84.4 Å². The first-order valence-corrected chi connectivity index (χ1v) is 12.7. The Bertz CT molecular complexity index is 1490. The molecule has 180 valence electrons. The summed E-state index contributed by atoms with van der Waals surface area (Å²) in [6, 6.07) is 26.7. The lowest BCUT2D eigenvalue weighted by Gasteiger charge is -2.16. The number of anilines is 1. The molecule has 0 saturated heterocycles. The Morgan fingerprint density at radius 3 is 2.61 bits per heavy atom. The minimum absolute atomic E-state index is 0.0438. The number of nitrogens with one attached hydrogen (secondary N) is 1. The van der Waals surface area contributed by atoms with Gasteiger partial charge in [-0.2, -0.15) is 5.26 Å². The molecule has 0 unspecified atom stereocenters. The van der Waals surface area contributed by atoms with Gasteiger partial charge in [0.25, 0.3) is 5.91 Å². The van der Waals surface area contributed by atoms with E-state index in [-0.39, 0.29) is 5.57 Å². The molecule has 5 nitrogen and oxygen atoms in total. The molecule has 0 fully saturated rings. The smallest absolute Gasteiger partial charge is 0.266 e. The molecule has 0 aliphatic rings. The molecule has 0 atom stereocenters. The fraction of sp³-hybridized carbons (Fsp3) is 0.103. The molecule has 4 aromatic rings. The van der Waals surface area contributed by atoms with Gasteiger partial charge in [-0.05, 0) is 87.8 Å². The second-order valence-electron chi connectivity index (χ2n) is 7.82. The number of hydrogen-bond acceptors (Lipinski definition) is 4. The van der Waals surface area contributed by atoms with Gasteiger partial charge in [-0.25, -0.2) is 0 Å². The van der Waals surface area contributed by atoms with Gasteiger partial charge < -0.3 is 14.8 Å². The van der Waals surface area contributed by atoms with E-state index in [0.29, 0.717) is 41.0 Å². The third kappa shape index (κ3) is 6.17. The molecule has 0 radical (unpaired) electrons. The van der Waals surface area contributed by atoms with E-state index in [1.54, 1.807) is 30.3 Å². The summed E-state index contributed by atoms with van der Waals surface area (Å²) in [6.07, 6.45) is 1.53. The Morgan fingerprint density at radius 2 is 1.83 bits per heavy atom. The van der Waals surface area contributed by atoms with Crippen LogP contribution in [-0.4, -0.2) is 12.5 Å². The maximum atomic E-state index is 12.7. The molecule has 0 aliphatic heterocycles. The van der Waals surface area contributed by atoms with Gasteiger partial charge in [0.2, 0.25) is 0 Å². The fourth-order valence-corrected chi connectivity index (χ4v) is 4.69. The number of halogens is 2. The monoisotopic (exact) mass is 608 g/mol. The average Bonchev–Trinajstić information content (AvgIpc) is 2.87. The molecule has 0 aliphatic carbocycles. The molecule has 4 rings (SSSR count). The van der Waals surface area contributed by atoms with E-state index in [2.05, 4.69) is 46.1 Å². The SMILES string of the molecule is CCOc1cc(/C=C(\C#N)C(=O)Nc2cccc(Cl)c2)cc(I)c1OCc1cccc2ccccc12. The highest BCUT2D eigenvalue weighted by Crippen LogP contribution is 2.36. The van der Waals surface area contributed by atoms with E-state index in [1.165, 1.54) is 6.08 Å². The molecule has 0 heterocycles. The topological polar surface area (TPSA) is 71.3 Å². The van der Waals surface area contributed by atoms with Crippen molar-refractivity contribution in [3.63, 3.8) is 0 Å². The van der Waals surface area contributed by atoms with Gasteiger partial charge in [-0.1, -0.05) is 60.1 Å². The minimum Gasteiger partial charge on any atom is -0.490 e. The maximum Gasteiger partial charge on any atom is 0.266 e. The predicted molar refractivity (Wildman–Crippen MR) is 152 cm³/mol. The van der Waals surface area contributed by atoms with Crippen LogP contribution in [0, 0.1) is 14.9 Å². The number of benzene rings is 4. The van der Waals surface area contributed by atoms with E-state index in [1.807, 2.05) is 43.3 Å². The van der Waals surface area contributed by atoms with E-state index < -0.39 is 5.91 Å². The molecule has 36 heavy (non-hydrogen) atoms. The van der Waals surface area contributed by atoms with Crippen molar-refractivity contribution in [2.45, 2.75) is 13.5 Å². The van der Waals surface area contributed by atoms with Crippen molar-refractivity contribution in [1.29, 1.82) is 5.26 Å². The highest BCUT2D eigenvalue weighted by molar-refractivity contribution is 14.1. The Kier molecular flexibility index (Phi) is 8.47. The second kappa shape index (κ2) is 11.9. The molecular weight excluding hydrogens is 587 g/mol. The number of amides is 1. The Hall–Kier alpha value is -3.54. The summed E-state index contributed by atoms with van der Waals surface area (Å²) in [5, 5.41) is 15.1. The number of hydrogen-bond donors (Lipinski definition) is 1. The van der Waals surface area contributed by atoms with Gasteiger partial charge in [-0.3, -0.25) is 4.79 Å². The zero-order valence-electron chi connectivity index (χ0n) is 19.4. The van der Waals surface area contributed by atoms with Crippen LogP contribution < -0.4 is 14.8 Å². The van der Waals surface area contributed by atoms with Crippen molar-refractivity contribution in [2.75, 3.05) is 11.9 Å². The molecule has 0 spiro atoms. The summed E-state index contributed by atoms with van der Waals surface area (Å²) in [6.45, 7) is 2.70. The van der Waals surface area contributed by atoms with Crippen LogP contribution in [0.1, 0.15) is 18.1 Å². The Labute approximate surface area is 228 Å². The number of nitriles is 1. The molecule has 0 bridgehead atoms. The number of fused-ring (bicyclic) bond motifs is 1. The van der Waals surface area contributed by atoms with Crippen LogP contribution in [0.3, 0.4) is 0 Å².